The quantitative estimate of drug-likeness (QED) is 0.848. The summed E-state index contributed by atoms with van der Waals surface area (Å²) < 4.78 is 24.6. The van der Waals surface area contributed by atoms with Gasteiger partial charge in [-0.2, -0.15) is 0 Å². The number of aromatic nitrogens is 1. The van der Waals surface area contributed by atoms with Crippen LogP contribution in [-0.4, -0.2) is 15.2 Å². The molecule has 0 bridgehead atoms. The Hall–Kier alpha value is -0.750. The van der Waals surface area contributed by atoms with Crippen LogP contribution in [0.1, 0.15) is 17.8 Å². The standard InChI is InChI=1S/C7H6BrF2NO2/c8-3-1-5(13)6(7(9)10)11-4(3)2-12/h1,7,12-13H,2H2. The molecule has 0 atom stereocenters. The zero-order valence-corrected chi connectivity index (χ0v) is 7.92. The summed E-state index contributed by atoms with van der Waals surface area (Å²) in [6.07, 6.45) is -2.85. The minimum atomic E-state index is -2.85. The van der Waals surface area contributed by atoms with E-state index >= 15 is 0 Å². The molecule has 3 nitrogen and oxygen atoms in total. The molecule has 0 saturated carbocycles. The van der Waals surface area contributed by atoms with E-state index in [1.165, 1.54) is 0 Å². The summed E-state index contributed by atoms with van der Waals surface area (Å²) in [5.74, 6) is -0.584. The molecule has 0 aromatic carbocycles. The molecule has 2 N–H and O–H groups in total. The Kier molecular flexibility index (Phi) is 3.16. The van der Waals surface area contributed by atoms with Gasteiger partial charge in [-0.3, -0.25) is 0 Å². The van der Waals surface area contributed by atoms with Crippen molar-refractivity contribution in [2.75, 3.05) is 0 Å². The van der Waals surface area contributed by atoms with Crippen molar-refractivity contribution >= 4 is 15.9 Å². The van der Waals surface area contributed by atoms with E-state index in [-0.39, 0.29) is 5.69 Å². The molecule has 0 radical (unpaired) electrons. The van der Waals surface area contributed by atoms with Crippen LogP contribution >= 0.6 is 15.9 Å². The third kappa shape index (κ3) is 2.13. The van der Waals surface area contributed by atoms with Gasteiger partial charge in [0.1, 0.15) is 11.4 Å². The highest BCUT2D eigenvalue weighted by atomic mass is 79.9. The van der Waals surface area contributed by atoms with Gasteiger partial charge in [-0.15, -0.1) is 0 Å². The van der Waals surface area contributed by atoms with Crippen molar-refractivity contribution in [1.82, 2.24) is 4.98 Å². The Morgan fingerprint density at radius 3 is 2.62 bits per heavy atom. The number of aliphatic hydroxyl groups is 1. The molecule has 72 valence electrons. The van der Waals surface area contributed by atoms with Gasteiger partial charge in [-0.05, 0) is 22.0 Å². The molecule has 0 aliphatic rings. The summed E-state index contributed by atoms with van der Waals surface area (Å²) in [7, 11) is 0. The summed E-state index contributed by atoms with van der Waals surface area (Å²) in [4.78, 5) is 3.39. The van der Waals surface area contributed by atoms with Crippen molar-refractivity contribution in [3.8, 4) is 5.75 Å². The van der Waals surface area contributed by atoms with Crippen LogP contribution < -0.4 is 0 Å². The van der Waals surface area contributed by atoms with Gasteiger partial charge in [0.05, 0.1) is 12.3 Å². The van der Waals surface area contributed by atoms with Crippen molar-refractivity contribution < 1.29 is 19.0 Å². The lowest BCUT2D eigenvalue weighted by atomic mass is 10.3. The van der Waals surface area contributed by atoms with Crippen molar-refractivity contribution in [3.05, 3.63) is 21.9 Å². The second kappa shape index (κ2) is 3.97. The van der Waals surface area contributed by atoms with Crippen LogP contribution in [0.5, 0.6) is 5.75 Å². The summed E-state index contributed by atoms with van der Waals surface area (Å²) in [6, 6.07) is 1.08. The summed E-state index contributed by atoms with van der Waals surface area (Å²) >= 11 is 2.96. The Bertz CT molecular complexity index is 320. The first kappa shape index (κ1) is 10.3. The van der Waals surface area contributed by atoms with Crippen molar-refractivity contribution in [3.63, 3.8) is 0 Å². The number of hydrogen-bond donors (Lipinski definition) is 2. The second-order valence-corrected chi connectivity index (χ2v) is 3.13. The summed E-state index contributed by atoms with van der Waals surface area (Å²) in [6.45, 7) is -0.458. The third-order valence-corrected chi connectivity index (χ3v) is 2.10. The van der Waals surface area contributed by atoms with Crippen LogP contribution in [0.15, 0.2) is 10.5 Å². The van der Waals surface area contributed by atoms with Gasteiger partial charge < -0.3 is 10.2 Å². The minimum Gasteiger partial charge on any atom is -0.506 e. The number of pyridine rings is 1. The maximum atomic E-state index is 12.2. The van der Waals surface area contributed by atoms with Crippen LogP contribution in [0, 0.1) is 0 Å². The fourth-order valence-electron chi connectivity index (χ4n) is 0.805. The average molecular weight is 254 g/mol. The van der Waals surface area contributed by atoms with E-state index in [0.717, 1.165) is 6.07 Å². The van der Waals surface area contributed by atoms with E-state index in [1.54, 1.807) is 0 Å². The van der Waals surface area contributed by atoms with Crippen LogP contribution in [0.25, 0.3) is 0 Å². The van der Waals surface area contributed by atoms with Crippen LogP contribution in [0.2, 0.25) is 0 Å². The molecule has 0 spiro atoms. The molecule has 0 amide bonds. The third-order valence-electron chi connectivity index (χ3n) is 1.41. The number of halogens is 3. The molecular formula is C7H6BrF2NO2. The van der Waals surface area contributed by atoms with E-state index in [9.17, 15) is 8.78 Å². The van der Waals surface area contributed by atoms with Gasteiger partial charge in [0.15, 0.2) is 0 Å². The topological polar surface area (TPSA) is 53.4 Å². The molecule has 0 aliphatic carbocycles. The van der Waals surface area contributed by atoms with Crippen LogP contribution in [0.4, 0.5) is 8.78 Å². The molecule has 13 heavy (non-hydrogen) atoms. The molecule has 1 heterocycles. The SMILES string of the molecule is OCc1nc(C(F)F)c(O)cc1Br. The van der Waals surface area contributed by atoms with E-state index in [1.807, 2.05) is 0 Å². The van der Waals surface area contributed by atoms with Gasteiger partial charge in [0.2, 0.25) is 0 Å². The van der Waals surface area contributed by atoms with Crippen LogP contribution in [0.3, 0.4) is 0 Å². The monoisotopic (exact) mass is 253 g/mol. The van der Waals surface area contributed by atoms with E-state index in [2.05, 4.69) is 20.9 Å². The maximum Gasteiger partial charge on any atom is 0.284 e. The predicted octanol–water partition coefficient (Wildman–Crippen LogP) is 1.98. The summed E-state index contributed by atoms with van der Waals surface area (Å²) in [5, 5.41) is 17.7. The molecule has 0 unspecified atom stereocenters. The molecule has 0 saturated heterocycles. The Morgan fingerprint density at radius 1 is 1.54 bits per heavy atom. The smallest absolute Gasteiger partial charge is 0.284 e. The molecule has 6 heteroatoms. The van der Waals surface area contributed by atoms with Gasteiger partial charge in [0, 0.05) is 4.47 Å². The molecule has 1 rings (SSSR count). The van der Waals surface area contributed by atoms with E-state index < -0.39 is 24.5 Å². The highest BCUT2D eigenvalue weighted by Crippen LogP contribution is 2.30. The fourth-order valence-corrected chi connectivity index (χ4v) is 1.24. The predicted molar refractivity (Wildman–Crippen MR) is 44.5 cm³/mol. The number of aromatic hydroxyl groups is 1. The summed E-state index contributed by atoms with van der Waals surface area (Å²) in [5.41, 5.74) is -0.639. The van der Waals surface area contributed by atoms with Gasteiger partial charge in [-0.25, -0.2) is 13.8 Å². The van der Waals surface area contributed by atoms with Gasteiger partial charge >= 0.3 is 0 Å². The Labute approximate surface area is 81.2 Å². The highest BCUT2D eigenvalue weighted by Gasteiger charge is 2.17. The average Bonchev–Trinajstić information content (AvgIpc) is 2.03. The first-order chi connectivity index (χ1) is 6.06. The molecular weight excluding hydrogens is 248 g/mol. The highest BCUT2D eigenvalue weighted by molar-refractivity contribution is 9.10. The van der Waals surface area contributed by atoms with E-state index in [4.69, 9.17) is 10.2 Å². The van der Waals surface area contributed by atoms with Crippen molar-refractivity contribution in [1.29, 1.82) is 0 Å². The lowest BCUT2D eigenvalue weighted by Gasteiger charge is -2.06. The lowest BCUT2D eigenvalue weighted by molar-refractivity contribution is 0.141. The zero-order chi connectivity index (χ0) is 10.0. The normalized spacial score (nSPS) is 10.8. The zero-order valence-electron chi connectivity index (χ0n) is 6.34. The molecule has 0 aliphatic heterocycles. The minimum absolute atomic E-state index is 0.0769. The molecule has 1 aromatic heterocycles. The van der Waals surface area contributed by atoms with E-state index in [0.29, 0.717) is 4.47 Å². The lowest BCUT2D eigenvalue weighted by Crippen LogP contribution is -1.98. The number of aliphatic hydroxyl groups excluding tert-OH is 1. The van der Waals surface area contributed by atoms with Crippen LogP contribution in [-0.2, 0) is 6.61 Å². The van der Waals surface area contributed by atoms with Gasteiger partial charge in [0.25, 0.3) is 6.43 Å². The Balaban J connectivity index is 3.22. The number of rotatable bonds is 2. The first-order valence-electron chi connectivity index (χ1n) is 3.33. The largest absolute Gasteiger partial charge is 0.506 e. The Morgan fingerprint density at radius 2 is 2.15 bits per heavy atom. The number of alkyl halides is 2. The second-order valence-electron chi connectivity index (χ2n) is 2.28. The first-order valence-corrected chi connectivity index (χ1v) is 4.13. The number of hydrogen-bond acceptors (Lipinski definition) is 3. The molecule has 1 aromatic rings. The molecule has 0 fully saturated rings. The van der Waals surface area contributed by atoms with Crippen molar-refractivity contribution in [2.45, 2.75) is 13.0 Å². The van der Waals surface area contributed by atoms with Gasteiger partial charge in [-0.1, -0.05) is 0 Å². The fraction of sp³-hybridized carbons (Fsp3) is 0.286. The number of nitrogens with zero attached hydrogens (tertiary/aromatic N) is 1. The maximum absolute atomic E-state index is 12.2. The van der Waals surface area contributed by atoms with Crippen molar-refractivity contribution in [2.24, 2.45) is 0 Å².